The van der Waals surface area contributed by atoms with Gasteiger partial charge >= 0.3 is 5.97 Å². The summed E-state index contributed by atoms with van der Waals surface area (Å²) in [5.74, 6) is -0.810. The zero-order valence-corrected chi connectivity index (χ0v) is 13.2. The number of fused-ring (bicyclic) bond motifs is 1. The van der Waals surface area contributed by atoms with Crippen LogP contribution in [0.25, 0.3) is 0 Å². The molecule has 3 rings (SSSR count). The summed E-state index contributed by atoms with van der Waals surface area (Å²) in [6.45, 7) is 2.17. The number of carbonyl (C=O) groups is 2. The fourth-order valence-electron chi connectivity index (χ4n) is 2.75. The molecule has 0 radical (unpaired) electrons. The molecule has 0 bridgehead atoms. The Balaban J connectivity index is 1.68. The van der Waals surface area contributed by atoms with Gasteiger partial charge in [-0.05, 0) is 49.2 Å². The van der Waals surface area contributed by atoms with E-state index in [9.17, 15) is 9.59 Å². The molecule has 1 aliphatic rings. The van der Waals surface area contributed by atoms with Crippen LogP contribution >= 0.6 is 0 Å². The van der Waals surface area contributed by atoms with Gasteiger partial charge in [0.2, 0.25) is 0 Å². The SMILES string of the molecule is C[C@H](OC(=O)c1ccc(C#N)cc1)C(=O)N1CCc2ccccc21. The standard InChI is InChI=1S/C19H16N2O3/c1-13(24-19(23)16-8-6-14(12-20)7-9-16)18(22)21-11-10-15-4-2-3-5-17(15)21/h2-9,13H,10-11H2,1H3/t13-/m0/s1. The van der Waals surface area contributed by atoms with Gasteiger partial charge < -0.3 is 9.64 Å². The maximum Gasteiger partial charge on any atom is 0.338 e. The summed E-state index contributed by atoms with van der Waals surface area (Å²) in [6.07, 6.45) is -0.0719. The highest BCUT2D eigenvalue weighted by Crippen LogP contribution is 2.28. The van der Waals surface area contributed by atoms with E-state index in [2.05, 4.69) is 0 Å². The van der Waals surface area contributed by atoms with Gasteiger partial charge in [-0.25, -0.2) is 4.79 Å². The van der Waals surface area contributed by atoms with Crippen LogP contribution in [0.1, 0.15) is 28.4 Å². The van der Waals surface area contributed by atoms with E-state index in [4.69, 9.17) is 10.00 Å². The Hall–Kier alpha value is -3.13. The lowest BCUT2D eigenvalue weighted by atomic mass is 10.1. The summed E-state index contributed by atoms with van der Waals surface area (Å²) in [4.78, 5) is 26.4. The number of carbonyl (C=O) groups excluding carboxylic acids is 2. The number of nitrogens with zero attached hydrogens (tertiary/aromatic N) is 2. The molecular formula is C19H16N2O3. The Bertz CT molecular complexity index is 821. The molecule has 5 nitrogen and oxygen atoms in total. The van der Waals surface area contributed by atoms with Gasteiger partial charge in [-0.15, -0.1) is 0 Å². The molecule has 0 N–H and O–H groups in total. The van der Waals surface area contributed by atoms with Crippen LogP contribution in [0.15, 0.2) is 48.5 Å². The summed E-state index contributed by atoms with van der Waals surface area (Å²) in [7, 11) is 0. The van der Waals surface area contributed by atoms with Gasteiger partial charge in [0, 0.05) is 12.2 Å². The number of nitriles is 1. The van der Waals surface area contributed by atoms with E-state index in [1.165, 1.54) is 12.1 Å². The van der Waals surface area contributed by atoms with Gasteiger partial charge in [0.05, 0.1) is 17.2 Å². The van der Waals surface area contributed by atoms with Crippen molar-refractivity contribution < 1.29 is 14.3 Å². The molecular weight excluding hydrogens is 304 g/mol. The average molecular weight is 320 g/mol. The quantitative estimate of drug-likeness (QED) is 0.815. The second kappa shape index (κ2) is 6.55. The van der Waals surface area contributed by atoms with E-state index in [1.807, 2.05) is 30.3 Å². The number of anilines is 1. The number of hydrogen-bond acceptors (Lipinski definition) is 4. The number of amides is 1. The lowest BCUT2D eigenvalue weighted by molar-refractivity contribution is -0.126. The van der Waals surface area contributed by atoms with Crippen molar-refractivity contribution in [3.05, 3.63) is 65.2 Å². The Kier molecular flexibility index (Phi) is 4.30. The Labute approximate surface area is 140 Å². The first-order chi connectivity index (χ1) is 11.6. The summed E-state index contributed by atoms with van der Waals surface area (Å²) in [5.41, 5.74) is 2.78. The first-order valence-corrected chi connectivity index (χ1v) is 7.70. The fraction of sp³-hybridized carbons (Fsp3) is 0.211. The second-order valence-corrected chi connectivity index (χ2v) is 5.61. The highest BCUT2D eigenvalue weighted by atomic mass is 16.5. The molecule has 120 valence electrons. The number of rotatable bonds is 3. The smallest absolute Gasteiger partial charge is 0.338 e. The van der Waals surface area contributed by atoms with Crippen LogP contribution < -0.4 is 4.90 Å². The molecule has 2 aromatic rings. The molecule has 0 aliphatic carbocycles. The Morgan fingerprint density at radius 3 is 2.58 bits per heavy atom. The van der Waals surface area contributed by atoms with Crippen molar-refractivity contribution in [2.24, 2.45) is 0 Å². The summed E-state index contributed by atoms with van der Waals surface area (Å²) in [6, 6.07) is 15.8. The molecule has 1 amide bonds. The van der Waals surface area contributed by atoms with E-state index >= 15 is 0 Å². The third kappa shape index (κ3) is 2.99. The topological polar surface area (TPSA) is 70.4 Å². The zero-order chi connectivity index (χ0) is 17.1. The van der Waals surface area contributed by atoms with Crippen molar-refractivity contribution >= 4 is 17.6 Å². The van der Waals surface area contributed by atoms with Crippen LogP contribution in [0, 0.1) is 11.3 Å². The first kappa shape index (κ1) is 15.8. The summed E-state index contributed by atoms with van der Waals surface area (Å²) < 4.78 is 5.29. The minimum absolute atomic E-state index is 0.234. The van der Waals surface area contributed by atoms with Crippen molar-refractivity contribution in [3.8, 4) is 6.07 Å². The largest absolute Gasteiger partial charge is 0.449 e. The number of esters is 1. The lowest BCUT2D eigenvalue weighted by Crippen LogP contribution is -2.39. The van der Waals surface area contributed by atoms with Gasteiger partial charge in [-0.3, -0.25) is 4.79 Å². The zero-order valence-electron chi connectivity index (χ0n) is 13.2. The maximum absolute atomic E-state index is 12.6. The molecule has 0 fully saturated rings. The third-order valence-corrected chi connectivity index (χ3v) is 4.03. The van der Waals surface area contributed by atoms with Gasteiger partial charge in [0.25, 0.3) is 5.91 Å². The summed E-state index contributed by atoms with van der Waals surface area (Å²) in [5, 5.41) is 8.77. The average Bonchev–Trinajstić information content (AvgIpc) is 3.05. The fourth-order valence-corrected chi connectivity index (χ4v) is 2.75. The highest BCUT2D eigenvalue weighted by Gasteiger charge is 2.29. The van der Waals surface area contributed by atoms with Gasteiger partial charge in [0.15, 0.2) is 6.10 Å². The predicted octanol–water partition coefficient (Wildman–Crippen LogP) is 2.69. The van der Waals surface area contributed by atoms with Crippen molar-refractivity contribution in [2.75, 3.05) is 11.4 Å². The minimum Gasteiger partial charge on any atom is -0.449 e. The Morgan fingerprint density at radius 1 is 1.17 bits per heavy atom. The van der Waals surface area contributed by atoms with Gasteiger partial charge in [-0.1, -0.05) is 18.2 Å². The van der Waals surface area contributed by atoms with Gasteiger partial charge in [0.1, 0.15) is 0 Å². The van der Waals surface area contributed by atoms with E-state index in [0.29, 0.717) is 17.7 Å². The van der Waals surface area contributed by atoms with Crippen molar-refractivity contribution in [1.82, 2.24) is 0 Å². The first-order valence-electron chi connectivity index (χ1n) is 7.70. The molecule has 1 atom stereocenters. The molecule has 0 saturated heterocycles. The molecule has 0 spiro atoms. The summed E-state index contributed by atoms with van der Waals surface area (Å²) >= 11 is 0. The minimum atomic E-state index is -0.876. The molecule has 1 aliphatic heterocycles. The van der Waals surface area contributed by atoms with E-state index < -0.39 is 12.1 Å². The van der Waals surface area contributed by atoms with Crippen LogP contribution in [0.3, 0.4) is 0 Å². The molecule has 0 saturated carbocycles. The van der Waals surface area contributed by atoms with Crippen LogP contribution in [-0.2, 0) is 16.0 Å². The monoisotopic (exact) mass is 320 g/mol. The molecule has 0 aromatic heterocycles. The Morgan fingerprint density at radius 2 is 1.88 bits per heavy atom. The van der Waals surface area contributed by atoms with Crippen molar-refractivity contribution in [1.29, 1.82) is 5.26 Å². The number of ether oxygens (including phenoxy) is 1. The second-order valence-electron chi connectivity index (χ2n) is 5.61. The van der Waals surface area contributed by atoms with Crippen LogP contribution in [0.4, 0.5) is 5.69 Å². The highest BCUT2D eigenvalue weighted by molar-refractivity contribution is 6.00. The van der Waals surface area contributed by atoms with Crippen molar-refractivity contribution in [3.63, 3.8) is 0 Å². The van der Waals surface area contributed by atoms with Crippen LogP contribution in [-0.4, -0.2) is 24.5 Å². The van der Waals surface area contributed by atoms with E-state index in [0.717, 1.165) is 17.7 Å². The normalized spacial score (nSPS) is 13.8. The molecule has 0 unspecified atom stereocenters. The van der Waals surface area contributed by atoms with Crippen LogP contribution in [0.5, 0.6) is 0 Å². The van der Waals surface area contributed by atoms with E-state index in [-0.39, 0.29) is 5.91 Å². The van der Waals surface area contributed by atoms with Crippen LogP contribution in [0.2, 0.25) is 0 Å². The van der Waals surface area contributed by atoms with Crippen molar-refractivity contribution in [2.45, 2.75) is 19.4 Å². The molecule has 24 heavy (non-hydrogen) atoms. The molecule has 1 heterocycles. The lowest BCUT2D eigenvalue weighted by Gasteiger charge is -2.21. The predicted molar refractivity (Wildman–Crippen MR) is 88.5 cm³/mol. The molecule has 5 heteroatoms. The number of benzene rings is 2. The molecule has 2 aromatic carbocycles. The number of hydrogen-bond donors (Lipinski definition) is 0. The number of para-hydroxylation sites is 1. The third-order valence-electron chi connectivity index (χ3n) is 4.03. The van der Waals surface area contributed by atoms with Gasteiger partial charge in [-0.2, -0.15) is 5.26 Å². The maximum atomic E-state index is 12.6. The van der Waals surface area contributed by atoms with E-state index in [1.54, 1.807) is 24.0 Å².